The second-order valence-electron chi connectivity index (χ2n) is 5.51. The lowest BCUT2D eigenvalue weighted by Crippen LogP contribution is -2.03. The number of ether oxygens (including phenoxy) is 4. The Balaban J connectivity index is 2.95. The van der Waals surface area contributed by atoms with Crippen LogP contribution in [-0.2, 0) is 0 Å². The van der Waals surface area contributed by atoms with Gasteiger partial charge in [-0.15, -0.1) is 0 Å². The lowest BCUT2D eigenvalue weighted by molar-refractivity contribution is 0.0991. The second-order valence-corrected chi connectivity index (χ2v) is 5.51. The first-order chi connectivity index (χ1) is 14.4. The van der Waals surface area contributed by atoms with Crippen LogP contribution in [0.15, 0.2) is 34.5 Å². The number of nitrogens with zero attached hydrogens (tertiary/aromatic N) is 6. The van der Waals surface area contributed by atoms with Crippen molar-refractivity contribution in [2.45, 2.75) is 0 Å². The summed E-state index contributed by atoms with van der Waals surface area (Å²) < 4.78 is 21.5. The summed E-state index contributed by atoms with van der Waals surface area (Å²) in [5, 5.41) is 6.17. The van der Waals surface area contributed by atoms with Gasteiger partial charge in [0.05, 0.1) is 28.4 Å². The number of benzene rings is 2. The van der Waals surface area contributed by atoms with Gasteiger partial charge in [-0.25, -0.2) is 0 Å². The zero-order valence-corrected chi connectivity index (χ0v) is 16.4. The van der Waals surface area contributed by atoms with E-state index in [-0.39, 0.29) is 45.3 Å². The number of rotatable bonds is 7. The van der Waals surface area contributed by atoms with Gasteiger partial charge in [-0.2, -0.15) is 0 Å². The third kappa shape index (κ3) is 4.20. The van der Waals surface area contributed by atoms with E-state index in [2.05, 4.69) is 20.1 Å². The smallest absolute Gasteiger partial charge is 0.249 e. The van der Waals surface area contributed by atoms with Gasteiger partial charge in [-0.05, 0) is 45.6 Å². The average molecular weight is 412 g/mol. The van der Waals surface area contributed by atoms with Crippen molar-refractivity contribution in [3.63, 3.8) is 0 Å². The number of methoxy groups -OCH3 is 4. The molecule has 2 aromatic rings. The van der Waals surface area contributed by atoms with Crippen molar-refractivity contribution in [2.24, 2.45) is 10.2 Å². The van der Waals surface area contributed by atoms with Crippen molar-refractivity contribution >= 4 is 11.8 Å². The van der Waals surface area contributed by atoms with Crippen LogP contribution in [0.1, 0.15) is 20.7 Å². The quantitative estimate of drug-likeness (QED) is 0.373. The molecule has 0 spiro atoms. The summed E-state index contributed by atoms with van der Waals surface area (Å²) in [5.74, 6) is -0.954. The molecule has 0 atom stereocenters. The van der Waals surface area contributed by atoms with Crippen LogP contribution in [0.5, 0.6) is 23.0 Å². The zero-order valence-electron chi connectivity index (χ0n) is 16.4. The predicted octanol–water partition coefficient (Wildman–Crippen LogP) is 4.29. The highest BCUT2D eigenvalue weighted by molar-refractivity contribution is 6.00. The molecule has 30 heavy (non-hydrogen) atoms. The minimum atomic E-state index is -0.855. The van der Waals surface area contributed by atoms with Crippen LogP contribution < -0.4 is 18.9 Å². The highest BCUT2D eigenvalue weighted by Gasteiger charge is 2.23. The van der Waals surface area contributed by atoms with E-state index >= 15 is 0 Å². The summed E-state index contributed by atoms with van der Waals surface area (Å²) in [6.45, 7) is 0. The monoisotopic (exact) mass is 412 g/mol. The number of azide groups is 2. The highest BCUT2D eigenvalue weighted by atomic mass is 16.5. The number of amides is 2. The standard InChI is InChI=1S/C18H16N6O6/c1-27-13-7-9(17(25)21-23-19)5-11(15(13)29-3)12-6-10(18(26)22-24-20)8-14(28-2)16(12)30-4/h5-8H,1-4H3. The summed E-state index contributed by atoms with van der Waals surface area (Å²) in [5.41, 5.74) is 17.7. The maximum atomic E-state index is 12.2. The summed E-state index contributed by atoms with van der Waals surface area (Å²) >= 11 is 0. The Bertz CT molecular complexity index is 1020. The molecule has 0 bridgehead atoms. The molecule has 0 fully saturated rings. The number of carbonyl (C=O) groups is 2. The lowest BCUT2D eigenvalue weighted by Gasteiger charge is -2.18. The highest BCUT2D eigenvalue weighted by Crippen LogP contribution is 2.46. The summed E-state index contributed by atoms with van der Waals surface area (Å²) in [7, 11) is 5.50. The van der Waals surface area contributed by atoms with E-state index < -0.39 is 11.8 Å². The fourth-order valence-electron chi connectivity index (χ4n) is 2.77. The molecule has 0 aromatic heterocycles. The van der Waals surface area contributed by atoms with Crippen LogP contribution >= 0.6 is 0 Å². The van der Waals surface area contributed by atoms with Gasteiger partial charge in [0.1, 0.15) is 0 Å². The minimum absolute atomic E-state index is 0.00763. The Morgan fingerprint density at radius 3 is 1.33 bits per heavy atom. The van der Waals surface area contributed by atoms with Crippen LogP contribution in [0.4, 0.5) is 0 Å². The second kappa shape index (κ2) is 9.69. The molecule has 154 valence electrons. The number of hydrogen-bond donors (Lipinski definition) is 0. The largest absolute Gasteiger partial charge is 0.493 e. The van der Waals surface area contributed by atoms with Crippen molar-refractivity contribution in [1.29, 1.82) is 0 Å². The fraction of sp³-hybridized carbons (Fsp3) is 0.222. The van der Waals surface area contributed by atoms with Gasteiger partial charge >= 0.3 is 0 Å². The van der Waals surface area contributed by atoms with Gasteiger partial charge in [0, 0.05) is 32.1 Å². The van der Waals surface area contributed by atoms with E-state index in [0.29, 0.717) is 0 Å². The zero-order chi connectivity index (χ0) is 22.3. The van der Waals surface area contributed by atoms with E-state index in [1.807, 2.05) is 0 Å². The first-order valence-electron chi connectivity index (χ1n) is 8.16. The van der Waals surface area contributed by atoms with Crippen LogP contribution in [-0.4, -0.2) is 40.3 Å². The molecule has 0 unspecified atom stereocenters. The van der Waals surface area contributed by atoms with Crippen LogP contribution in [0.2, 0.25) is 0 Å². The Kier molecular flexibility index (Phi) is 7.07. The summed E-state index contributed by atoms with van der Waals surface area (Å²) in [6.07, 6.45) is 0. The number of carbonyl (C=O) groups excluding carboxylic acids is 2. The van der Waals surface area contributed by atoms with Crippen molar-refractivity contribution in [2.75, 3.05) is 28.4 Å². The Morgan fingerprint density at radius 2 is 1.07 bits per heavy atom. The maximum absolute atomic E-state index is 12.2. The molecular weight excluding hydrogens is 396 g/mol. The molecule has 0 aliphatic heterocycles. The van der Waals surface area contributed by atoms with Gasteiger partial charge < -0.3 is 18.9 Å². The molecule has 0 heterocycles. The van der Waals surface area contributed by atoms with Crippen LogP contribution in [0.25, 0.3) is 32.0 Å². The van der Waals surface area contributed by atoms with Gasteiger partial charge in [0.2, 0.25) is 11.8 Å². The predicted molar refractivity (Wildman–Crippen MR) is 105 cm³/mol. The van der Waals surface area contributed by atoms with Crippen molar-refractivity contribution < 1.29 is 28.5 Å². The van der Waals surface area contributed by atoms with E-state index in [0.717, 1.165) is 0 Å². The molecule has 0 radical (unpaired) electrons. The normalized spacial score (nSPS) is 9.60. The average Bonchev–Trinajstić information content (AvgIpc) is 2.77. The molecular formula is C18H16N6O6. The molecule has 0 saturated carbocycles. The van der Waals surface area contributed by atoms with Gasteiger partial charge in [0.25, 0.3) is 0 Å². The van der Waals surface area contributed by atoms with Crippen LogP contribution in [0, 0.1) is 0 Å². The maximum Gasteiger partial charge on any atom is 0.249 e. The Hall–Kier alpha value is -4.40. The first kappa shape index (κ1) is 21.9. The molecule has 0 aliphatic rings. The van der Waals surface area contributed by atoms with Crippen LogP contribution in [0.3, 0.4) is 0 Å². The fourth-order valence-corrected chi connectivity index (χ4v) is 2.77. The van der Waals surface area contributed by atoms with Crippen molar-refractivity contribution in [3.8, 4) is 34.1 Å². The van der Waals surface area contributed by atoms with E-state index in [9.17, 15) is 9.59 Å². The van der Waals surface area contributed by atoms with Gasteiger partial charge in [-0.1, -0.05) is 0 Å². The molecule has 12 nitrogen and oxygen atoms in total. The van der Waals surface area contributed by atoms with E-state index in [1.54, 1.807) is 0 Å². The van der Waals surface area contributed by atoms with E-state index in [4.69, 9.17) is 30.0 Å². The molecule has 0 aliphatic carbocycles. The molecule has 0 N–H and O–H groups in total. The Morgan fingerprint density at radius 1 is 0.700 bits per heavy atom. The molecule has 2 rings (SSSR count). The van der Waals surface area contributed by atoms with Gasteiger partial charge in [0.15, 0.2) is 23.0 Å². The van der Waals surface area contributed by atoms with Gasteiger partial charge in [-0.3, -0.25) is 9.59 Å². The third-order valence-electron chi connectivity index (χ3n) is 4.01. The number of hydrogen-bond acceptors (Lipinski definition) is 6. The third-order valence-corrected chi connectivity index (χ3v) is 4.01. The molecule has 12 heteroatoms. The Labute approximate surface area is 170 Å². The lowest BCUT2D eigenvalue weighted by atomic mass is 9.97. The molecule has 2 aromatic carbocycles. The minimum Gasteiger partial charge on any atom is -0.493 e. The van der Waals surface area contributed by atoms with E-state index in [1.165, 1.54) is 52.7 Å². The molecule has 0 saturated heterocycles. The summed E-state index contributed by atoms with van der Waals surface area (Å²) in [4.78, 5) is 29.3. The van der Waals surface area contributed by atoms with Crippen molar-refractivity contribution in [3.05, 3.63) is 56.3 Å². The topological polar surface area (TPSA) is 169 Å². The van der Waals surface area contributed by atoms with Crippen molar-refractivity contribution in [1.82, 2.24) is 0 Å². The first-order valence-corrected chi connectivity index (χ1v) is 8.16. The SMILES string of the molecule is COc1cc(C(=O)N=[N+]=[N-])cc(-c2cc(C(=O)N=[N+]=[N-])cc(OC)c2OC)c1OC. The summed E-state index contributed by atoms with van der Waals surface area (Å²) in [6, 6.07) is 5.46. The molecule has 2 amide bonds.